The number of pyridine rings is 1. The van der Waals surface area contributed by atoms with E-state index in [1.165, 1.54) is 0 Å². The van der Waals surface area contributed by atoms with Gasteiger partial charge in [0, 0.05) is 24.3 Å². The zero-order chi connectivity index (χ0) is 9.52. The number of rotatable bonds is 0. The van der Waals surface area contributed by atoms with Gasteiger partial charge in [-0.1, -0.05) is 0 Å². The van der Waals surface area contributed by atoms with Crippen LogP contribution in [0.2, 0.25) is 0 Å². The first-order valence-corrected chi connectivity index (χ1v) is 3.70. The largest absolute Gasteiger partial charge is 0.399 e. The number of nitrogens with two attached hydrogens (primary N) is 2. The van der Waals surface area contributed by atoms with E-state index < -0.39 is 0 Å². The molecule has 0 saturated carbocycles. The molecule has 5 heteroatoms. The first kappa shape index (κ1) is 9.05. The van der Waals surface area contributed by atoms with Crippen LogP contribution < -0.4 is 11.5 Å². The number of hydrogen-bond acceptors (Lipinski definition) is 4. The Hall–Kier alpha value is -2.04. The average molecular weight is 177 g/mol. The van der Waals surface area contributed by atoms with Crippen LogP contribution in [0.25, 0.3) is 0 Å². The highest BCUT2D eigenvalue weighted by molar-refractivity contribution is 5.33. The fourth-order valence-electron chi connectivity index (χ4n) is 0.635. The van der Waals surface area contributed by atoms with Crippen LogP contribution >= 0.6 is 0 Å². The van der Waals surface area contributed by atoms with Crippen LogP contribution in [0, 0.1) is 0 Å². The molecule has 5 N–H and O–H groups in total. The Balaban J connectivity index is 0.000000132. The normalized spacial score (nSPS) is 8.62. The van der Waals surface area contributed by atoms with Gasteiger partial charge in [0.25, 0.3) is 0 Å². The molecular formula is C8H11N5. The molecule has 0 unspecified atom stereocenters. The number of anilines is 2. The average Bonchev–Trinajstić information content (AvgIpc) is 2.58. The summed E-state index contributed by atoms with van der Waals surface area (Å²) in [5, 5.41) is 6.12. The lowest BCUT2D eigenvalue weighted by Gasteiger charge is -1.83. The first-order chi connectivity index (χ1) is 6.29. The molecule has 0 aliphatic heterocycles. The molecule has 2 heterocycles. The Bertz CT molecular complexity index is 316. The highest BCUT2D eigenvalue weighted by atomic mass is 15.1. The molecule has 0 aliphatic rings. The monoisotopic (exact) mass is 177 g/mol. The van der Waals surface area contributed by atoms with Crippen LogP contribution in [0.5, 0.6) is 0 Å². The van der Waals surface area contributed by atoms with Gasteiger partial charge in [0.05, 0.1) is 0 Å². The van der Waals surface area contributed by atoms with Crippen molar-refractivity contribution in [3.8, 4) is 0 Å². The van der Waals surface area contributed by atoms with Crippen molar-refractivity contribution in [1.29, 1.82) is 0 Å². The van der Waals surface area contributed by atoms with E-state index in [1.54, 1.807) is 36.8 Å². The van der Waals surface area contributed by atoms with Crippen molar-refractivity contribution in [2.75, 3.05) is 11.5 Å². The molecule has 0 aliphatic carbocycles. The van der Waals surface area contributed by atoms with Gasteiger partial charge >= 0.3 is 0 Å². The predicted octanol–water partition coefficient (Wildman–Crippen LogP) is 0.656. The SMILES string of the molecule is Nc1cc[nH]n1.Nc1ccncc1. The summed E-state index contributed by atoms with van der Waals surface area (Å²) in [5.74, 6) is 0.537. The molecule has 0 spiro atoms. The predicted molar refractivity (Wildman–Crippen MR) is 51.6 cm³/mol. The maximum absolute atomic E-state index is 5.32. The van der Waals surface area contributed by atoms with Crippen molar-refractivity contribution >= 4 is 11.5 Å². The maximum atomic E-state index is 5.32. The molecule has 0 bridgehead atoms. The van der Waals surface area contributed by atoms with Gasteiger partial charge in [-0.05, 0) is 18.2 Å². The van der Waals surface area contributed by atoms with Crippen LogP contribution in [0.3, 0.4) is 0 Å². The van der Waals surface area contributed by atoms with Crippen LogP contribution in [-0.4, -0.2) is 15.2 Å². The fraction of sp³-hybridized carbons (Fsp3) is 0. The summed E-state index contributed by atoms with van der Waals surface area (Å²) in [6.45, 7) is 0. The zero-order valence-corrected chi connectivity index (χ0v) is 7.01. The number of hydrogen-bond donors (Lipinski definition) is 3. The lowest BCUT2D eigenvalue weighted by Crippen LogP contribution is -1.81. The van der Waals surface area contributed by atoms with Gasteiger partial charge in [0.1, 0.15) is 5.82 Å². The van der Waals surface area contributed by atoms with Crippen molar-refractivity contribution in [1.82, 2.24) is 15.2 Å². The standard InChI is InChI=1S/C5H6N2.C3H5N3/c6-5-1-3-7-4-2-5;4-3-1-2-5-6-3/h1-4H,(H2,6,7);1-2H,(H3,4,5,6). The Kier molecular flexibility index (Phi) is 3.31. The Morgan fingerprint density at radius 1 is 1.08 bits per heavy atom. The van der Waals surface area contributed by atoms with Crippen molar-refractivity contribution in [3.63, 3.8) is 0 Å². The maximum Gasteiger partial charge on any atom is 0.145 e. The molecule has 0 amide bonds. The van der Waals surface area contributed by atoms with Gasteiger partial charge in [0.2, 0.25) is 0 Å². The highest BCUT2D eigenvalue weighted by Crippen LogP contribution is 1.92. The van der Waals surface area contributed by atoms with Crippen LogP contribution in [-0.2, 0) is 0 Å². The second kappa shape index (κ2) is 4.76. The van der Waals surface area contributed by atoms with Gasteiger partial charge in [-0.2, -0.15) is 5.10 Å². The van der Waals surface area contributed by atoms with Crippen LogP contribution in [0.1, 0.15) is 0 Å². The van der Waals surface area contributed by atoms with E-state index in [9.17, 15) is 0 Å². The molecule has 2 rings (SSSR count). The van der Waals surface area contributed by atoms with Gasteiger partial charge in [-0.3, -0.25) is 10.1 Å². The van der Waals surface area contributed by atoms with E-state index in [0.717, 1.165) is 5.69 Å². The van der Waals surface area contributed by atoms with Gasteiger partial charge in [-0.25, -0.2) is 0 Å². The molecule has 0 aromatic carbocycles. The van der Waals surface area contributed by atoms with Crippen molar-refractivity contribution in [2.24, 2.45) is 0 Å². The zero-order valence-electron chi connectivity index (χ0n) is 7.01. The molecule has 0 fully saturated rings. The van der Waals surface area contributed by atoms with E-state index in [1.807, 2.05) is 0 Å². The van der Waals surface area contributed by atoms with E-state index in [-0.39, 0.29) is 0 Å². The molecule has 0 radical (unpaired) electrons. The van der Waals surface area contributed by atoms with Gasteiger partial charge in [-0.15, -0.1) is 0 Å². The molecule has 2 aromatic rings. The van der Waals surface area contributed by atoms with Crippen molar-refractivity contribution in [3.05, 3.63) is 36.8 Å². The summed E-state index contributed by atoms with van der Waals surface area (Å²) in [6.07, 6.45) is 5.00. The minimum Gasteiger partial charge on any atom is -0.399 e. The smallest absolute Gasteiger partial charge is 0.145 e. The number of nitrogen functional groups attached to an aromatic ring is 2. The minimum atomic E-state index is 0.537. The lowest BCUT2D eigenvalue weighted by molar-refractivity contribution is 1.10. The van der Waals surface area contributed by atoms with E-state index in [0.29, 0.717) is 5.82 Å². The Labute approximate surface area is 75.8 Å². The van der Waals surface area contributed by atoms with E-state index >= 15 is 0 Å². The lowest BCUT2D eigenvalue weighted by atomic mass is 10.4. The second-order valence-electron chi connectivity index (χ2n) is 2.28. The number of H-pyrrole nitrogens is 1. The number of nitrogens with one attached hydrogen (secondary N) is 1. The van der Waals surface area contributed by atoms with Crippen LogP contribution in [0.4, 0.5) is 11.5 Å². The molecule has 13 heavy (non-hydrogen) atoms. The molecular weight excluding hydrogens is 166 g/mol. The summed E-state index contributed by atoms with van der Waals surface area (Å²) in [4.78, 5) is 3.77. The quantitative estimate of drug-likeness (QED) is 0.551. The minimum absolute atomic E-state index is 0.537. The second-order valence-corrected chi connectivity index (χ2v) is 2.28. The topological polar surface area (TPSA) is 93.6 Å². The molecule has 0 saturated heterocycles. The fourth-order valence-corrected chi connectivity index (χ4v) is 0.635. The van der Waals surface area contributed by atoms with Gasteiger partial charge < -0.3 is 11.5 Å². The molecule has 68 valence electrons. The van der Waals surface area contributed by atoms with Crippen molar-refractivity contribution < 1.29 is 0 Å². The van der Waals surface area contributed by atoms with Crippen LogP contribution in [0.15, 0.2) is 36.8 Å². The summed E-state index contributed by atoms with van der Waals surface area (Å²) in [6, 6.07) is 5.19. The van der Waals surface area contributed by atoms with E-state index in [4.69, 9.17) is 11.5 Å². The third kappa shape index (κ3) is 3.76. The summed E-state index contributed by atoms with van der Waals surface area (Å²) in [5.41, 5.74) is 11.2. The summed E-state index contributed by atoms with van der Waals surface area (Å²) in [7, 11) is 0. The first-order valence-electron chi connectivity index (χ1n) is 3.70. The Morgan fingerprint density at radius 3 is 2.00 bits per heavy atom. The van der Waals surface area contributed by atoms with E-state index in [2.05, 4.69) is 15.2 Å². The Morgan fingerprint density at radius 2 is 1.77 bits per heavy atom. The van der Waals surface area contributed by atoms with Gasteiger partial charge in [0.15, 0.2) is 0 Å². The summed E-state index contributed by atoms with van der Waals surface area (Å²) >= 11 is 0. The highest BCUT2D eigenvalue weighted by Gasteiger charge is 1.75. The number of nitrogens with zero attached hydrogens (tertiary/aromatic N) is 2. The molecule has 0 atom stereocenters. The molecule has 2 aromatic heterocycles. The third-order valence-electron chi connectivity index (χ3n) is 1.23. The number of aromatic nitrogens is 3. The summed E-state index contributed by atoms with van der Waals surface area (Å²) < 4.78 is 0. The number of aromatic amines is 1. The molecule has 5 nitrogen and oxygen atoms in total. The third-order valence-corrected chi connectivity index (χ3v) is 1.23. The van der Waals surface area contributed by atoms with Crippen molar-refractivity contribution in [2.45, 2.75) is 0 Å².